The van der Waals surface area contributed by atoms with E-state index in [2.05, 4.69) is 26.9 Å². The van der Waals surface area contributed by atoms with Gasteiger partial charge in [-0.25, -0.2) is 4.39 Å². The van der Waals surface area contributed by atoms with Crippen molar-refractivity contribution in [3.8, 4) is 5.75 Å². The monoisotopic (exact) mass is 488 g/mol. The lowest BCUT2D eigenvalue weighted by molar-refractivity contribution is 0.0633. The van der Waals surface area contributed by atoms with Gasteiger partial charge in [0.2, 0.25) is 0 Å². The Morgan fingerprint density at radius 3 is 2.58 bits per heavy atom. The van der Waals surface area contributed by atoms with Crippen LogP contribution in [-0.4, -0.2) is 66.6 Å². The fourth-order valence-electron chi connectivity index (χ4n) is 5.12. The van der Waals surface area contributed by atoms with E-state index in [1.54, 1.807) is 30.6 Å². The van der Waals surface area contributed by atoms with Crippen LogP contribution in [0.5, 0.6) is 5.75 Å². The molecule has 5 rings (SSSR count). The van der Waals surface area contributed by atoms with Crippen molar-refractivity contribution in [1.29, 1.82) is 0 Å². The summed E-state index contributed by atoms with van der Waals surface area (Å²) in [6, 6.07) is 18.8. The number of hydrogen-bond donors (Lipinski definition) is 0. The third-order valence-corrected chi connectivity index (χ3v) is 7.09. The molecule has 0 N–H and O–H groups in total. The standard InChI is InChI=1S/C29H33FN4O2/c30-27-8-1-2-9-28(27)33-17-15-32(16-18-33)20-23-5-3-7-26(19-23)36-22-24-6-4-14-34(21-24)29(35)25-10-12-31-13-11-25/h1-3,5,7-13,19,24H,4,6,14-18,20-22H2. The minimum atomic E-state index is -0.154. The van der Waals surface area contributed by atoms with Gasteiger partial charge in [0.1, 0.15) is 11.6 Å². The molecule has 1 atom stereocenters. The minimum absolute atomic E-state index is 0.0687. The normalized spacial score (nSPS) is 18.8. The molecule has 1 unspecified atom stereocenters. The molecule has 0 radical (unpaired) electrons. The molecule has 2 fully saturated rings. The number of aromatic nitrogens is 1. The molecule has 0 aliphatic carbocycles. The molecule has 0 spiro atoms. The van der Waals surface area contributed by atoms with Gasteiger partial charge in [-0.05, 0) is 54.8 Å². The van der Waals surface area contributed by atoms with Gasteiger partial charge in [0, 0.05) is 69.7 Å². The Bertz CT molecular complexity index is 1150. The number of benzene rings is 2. The molecular weight excluding hydrogens is 455 g/mol. The number of carbonyl (C=O) groups is 1. The van der Waals surface area contributed by atoms with Crippen molar-refractivity contribution in [1.82, 2.24) is 14.8 Å². The average molecular weight is 489 g/mol. The summed E-state index contributed by atoms with van der Waals surface area (Å²) < 4.78 is 20.3. The molecule has 2 saturated heterocycles. The molecule has 36 heavy (non-hydrogen) atoms. The summed E-state index contributed by atoms with van der Waals surface area (Å²) in [4.78, 5) is 23.3. The Hall–Kier alpha value is -3.45. The Kier molecular flexibility index (Phi) is 7.76. The number of nitrogens with zero attached hydrogens (tertiary/aromatic N) is 4. The van der Waals surface area contributed by atoms with Crippen LogP contribution in [0.2, 0.25) is 0 Å². The number of anilines is 1. The number of carbonyl (C=O) groups excluding carboxylic acids is 1. The van der Waals surface area contributed by atoms with Gasteiger partial charge < -0.3 is 14.5 Å². The predicted molar refractivity (Wildman–Crippen MR) is 139 cm³/mol. The number of rotatable bonds is 7. The second-order valence-electron chi connectivity index (χ2n) is 9.67. The molecular formula is C29H33FN4O2. The molecule has 0 saturated carbocycles. The van der Waals surface area contributed by atoms with Gasteiger partial charge in [0.05, 0.1) is 12.3 Å². The summed E-state index contributed by atoms with van der Waals surface area (Å²) in [5, 5.41) is 0. The maximum atomic E-state index is 14.1. The highest BCUT2D eigenvalue weighted by Crippen LogP contribution is 2.23. The predicted octanol–water partition coefficient (Wildman–Crippen LogP) is 4.47. The van der Waals surface area contributed by atoms with E-state index in [1.165, 1.54) is 11.6 Å². The van der Waals surface area contributed by atoms with Crippen molar-refractivity contribution in [3.63, 3.8) is 0 Å². The lowest BCUT2D eigenvalue weighted by atomic mass is 9.98. The minimum Gasteiger partial charge on any atom is -0.493 e. The van der Waals surface area contributed by atoms with Crippen LogP contribution in [0, 0.1) is 11.7 Å². The van der Waals surface area contributed by atoms with Crippen molar-refractivity contribution < 1.29 is 13.9 Å². The second-order valence-corrected chi connectivity index (χ2v) is 9.67. The first kappa shape index (κ1) is 24.3. The fourth-order valence-corrected chi connectivity index (χ4v) is 5.12. The first-order valence-electron chi connectivity index (χ1n) is 12.8. The highest BCUT2D eigenvalue weighted by molar-refractivity contribution is 5.94. The average Bonchev–Trinajstić information content (AvgIpc) is 2.93. The number of piperidine rings is 1. The van der Waals surface area contributed by atoms with Crippen LogP contribution in [0.1, 0.15) is 28.8 Å². The maximum absolute atomic E-state index is 14.1. The largest absolute Gasteiger partial charge is 0.493 e. The number of ether oxygens (including phenoxy) is 1. The van der Waals surface area contributed by atoms with Gasteiger partial charge in [-0.3, -0.25) is 14.7 Å². The van der Waals surface area contributed by atoms with E-state index in [0.29, 0.717) is 30.3 Å². The molecule has 6 nitrogen and oxygen atoms in total. The summed E-state index contributed by atoms with van der Waals surface area (Å²) in [6.07, 6.45) is 5.37. The molecule has 2 aromatic carbocycles. The first-order valence-corrected chi connectivity index (χ1v) is 12.8. The number of amides is 1. The Morgan fingerprint density at radius 1 is 0.972 bits per heavy atom. The highest BCUT2D eigenvalue weighted by atomic mass is 19.1. The topological polar surface area (TPSA) is 48.9 Å². The van der Waals surface area contributed by atoms with Crippen molar-refractivity contribution >= 4 is 11.6 Å². The van der Waals surface area contributed by atoms with E-state index in [4.69, 9.17) is 4.74 Å². The van der Waals surface area contributed by atoms with Crippen molar-refractivity contribution in [3.05, 3.63) is 90.0 Å². The van der Waals surface area contributed by atoms with Crippen LogP contribution in [0.15, 0.2) is 73.1 Å². The van der Waals surface area contributed by atoms with Crippen LogP contribution in [0.25, 0.3) is 0 Å². The van der Waals surface area contributed by atoms with Gasteiger partial charge >= 0.3 is 0 Å². The maximum Gasteiger partial charge on any atom is 0.253 e. The molecule has 1 amide bonds. The molecule has 188 valence electrons. The summed E-state index contributed by atoms with van der Waals surface area (Å²) >= 11 is 0. The second kappa shape index (κ2) is 11.5. The van der Waals surface area contributed by atoms with Crippen molar-refractivity contribution in [2.75, 3.05) is 50.8 Å². The van der Waals surface area contributed by atoms with Crippen LogP contribution < -0.4 is 9.64 Å². The van der Waals surface area contributed by atoms with Crippen LogP contribution in [0.3, 0.4) is 0 Å². The van der Waals surface area contributed by atoms with Gasteiger partial charge in [-0.2, -0.15) is 0 Å². The number of para-hydroxylation sites is 1. The summed E-state index contributed by atoms with van der Waals surface area (Å²) in [7, 11) is 0. The molecule has 7 heteroatoms. The Labute approximate surface area is 212 Å². The number of piperazine rings is 1. The number of halogens is 1. The molecule has 3 heterocycles. The van der Waals surface area contributed by atoms with E-state index < -0.39 is 0 Å². The summed E-state index contributed by atoms with van der Waals surface area (Å²) in [5.41, 5.74) is 2.59. The van der Waals surface area contributed by atoms with E-state index in [0.717, 1.165) is 57.9 Å². The van der Waals surface area contributed by atoms with Gasteiger partial charge in [-0.15, -0.1) is 0 Å². The van der Waals surface area contributed by atoms with E-state index in [1.807, 2.05) is 29.2 Å². The van der Waals surface area contributed by atoms with Crippen LogP contribution in [-0.2, 0) is 6.54 Å². The SMILES string of the molecule is O=C(c1ccncc1)N1CCCC(COc2cccc(CN3CCN(c4ccccc4F)CC3)c2)C1. The van der Waals surface area contributed by atoms with Gasteiger partial charge in [0.15, 0.2) is 0 Å². The van der Waals surface area contributed by atoms with E-state index >= 15 is 0 Å². The molecule has 2 aliphatic rings. The van der Waals surface area contributed by atoms with Crippen molar-refractivity contribution in [2.45, 2.75) is 19.4 Å². The molecule has 0 bridgehead atoms. The first-order chi connectivity index (χ1) is 17.7. The fraction of sp³-hybridized carbons (Fsp3) is 0.379. The van der Waals surface area contributed by atoms with Gasteiger partial charge in [0.25, 0.3) is 5.91 Å². The molecule has 2 aliphatic heterocycles. The van der Waals surface area contributed by atoms with Crippen LogP contribution >= 0.6 is 0 Å². The third kappa shape index (κ3) is 6.02. The zero-order valence-electron chi connectivity index (χ0n) is 20.6. The number of pyridine rings is 1. The molecule has 3 aromatic rings. The Balaban J connectivity index is 1.10. The number of hydrogen-bond acceptors (Lipinski definition) is 5. The van der Waals surface area contributed by atoms with Crippen LogP contribution in [0.4, 0.5) is 10.1 Å². The van der Waals surface area contributed by atoms with E-state index in [9.17, 15) is 9.18 Å². The lowest BCUT2D eigenvalue weighted by Gasteiger charge is -2.36. The third-order valence-electron chi connectivity index (χ3n) is 7.09. The quantitative estimate of drug-likeness (QED) is 0.491. The van der Waals surface area contributed by atoms with E-state index in [-0.39, 0.29) is 11.7 Å². The smallest absolute Gasteiger partial charge is 0.253 e. The zero-order chi connectivity index (χ0) is 24.7. The summed E-state index contributed by atoms with van der Waals surface area (Å²) in [6.45, 7) is 6.36. The summed E-state index contributed by atoms with van der Waals surface area (Å²) in [5.74, 6) is 1.10. The van der Waals surface area contributed by atoms with Gasteiger partial charge in [-0.1, -0.05) is 24.3 Å². The van der Waals surface area contributed by atoms with Crippen molar-refractivity contribution in [2.24, 2.45) is 5.92 Å². The highest BCUT2D eigenvalue weighted by Gasteiger charge is 2.25. The number of likely N-dealkylation sites (tertiary alicyclic amines) is 1. The lowest BCUT2D eigenvalue weighted by Crippen LogP contribution is -2.46. The molecule has 1 aromatic heterocycles. The zero-order valence-corrected chi connectivity index (χ0v) is 20.6. The Morgan fingerprint density at radius 2 is 1.78 bits per heavy atom.